The highest BCUT2D eigenvalue weighted by molar-refractivity contribution is 6.00. The molecule has 0 amide bonds. The molecule has 2 unspecified atom stereocenters. The highest BCUT2D eigenvalue weighted by Gasteiger charge is 2.11. The normalized spacial score (nSPS) is 13.3. The highest BCUT2D eigenvalue weighted by atomic mass is 16.7. The number of Topliss-reactive ketones (excluding diaryl/α,β-unsaturated/α-hetero) is 1. The fourth-order valence-corrected chi connectivity index (χ4v) is 2.92. The Hall–Kier alpha value is -1.97. The molecule has 2 rings (SSSR count). The first-order valence-corrected chi connectivity index (χ1v) is 9.84. The molecule has 0 N–H and O–H groups in total. The molecule has 0 radical (unpaired) electrons. The highest BCUT2D eigenvalue weighted by Crippen LogP contribution is 2.16. The first-order valence-electron chi connectivity index (χ1n) is 9.84. The van der Waals surface area contributed by atoms with Crippen LogP contribution >= 0.6 is 0 Å². The summed E-state index contributed by atoms with van der Waals surface area (Å²) < 4.78 is 11.3. The smallest absolute Gasteiger partial charge is 0.188 e. The molecule has 27 heavy (non-hydrogen) atoms. The Morgan fingerprint density at radius 1 is 1.00 bits per heavy atom. The van der Waals surface area contributed by atoms with Gasteiger partial charge in [-0.05, 0) is 62.8 Å². The van der Waals surface area contributed by atoms with Gasteiger partial charge in [-0.2, -0.15) is 0 Å². The van der Waals surface area contributed by atoms with Gasteiger partial charge in [0.25, 0.3) is 0 Å². The van der Waals surface area contributed by atoms with Gasteiger partial charge in [0.1, 0.15) is 6.61 Å². The van der Waals surface area contributed by atoms with Crippen LogP contribution < -0.4 is 0 Å². The summed E-state index contributed by atoms with van der Waals surface area (Å²) in [4.78, 5) is 12.4. The van der Waals surface area contributed by atoms with Crippen LogP contribution in [0.2, 0.25) is 0 Å². The minimum Gasteiger partial charge on any atom is -0.353 e. The van der Waals surface area contributed by atoms with Gasteiger partial charge in [-0.25, -0.2) is 0 Å². The van der Waals surface area contributed by atoms with Crippen molar-refractivity contribution in [2.75, 3.05) is 13.2 Å². The molecule has 0 bridgehead atoms. The molecular weight excluding hydrogens is 336 g/mol. The van der Waals surface area contributed by atoms with Gasteiger partial charge in [0, 0.05) is 12.2 Å². The van der Waals surface area contributed by atoms with E-state index in [4.69, 9.17) is 9.47 Å². The van der Waals surface area contributed by atoms with E-state index >= 15 is 0 Å². The third-order valence-electron chi connectivity index (χ3n) is 4.70. The number of rotatable bonds is 11. The van der Waals surface area contributed by atoms with Gasteiger partial charge in [-0.1, -0.05) is 55.0 Å². The lowest BCUT2D eigenvalue weighted by Crippen LogP contribution is -2.19. The van der Waals surface area contributed by atoms with Crippen LogP contribution in [-0.4, -0.2) is 25.3 Å². The van der Waals surface area contributed by atoms with Gasteiger partial charge < -0.3 is 9.47 Å². The maximum Gasteiger partial charge on any atom is 0.188 e. The number of ketones is 1. The van der Waals surface area contributed by atoms with Crippen LogP contribution in [0.3, 0.4) is 0 Å². The molecule has 0 aromatic heterocycles. The maximum absolute atomic E-state index is 12.4. The van der Waals surface area contributed by atoms with Crippen LogP contribution in [-0.2, 0) is 9.47 Å². The predicted molar refractivity (Wildman–Crippen MR) is 112 cm³/mol. The number of benzene rings is 2. The van der Waals surface area contributed by atoms with Crippen molar-refractivity contribution in [1.29, 1.82) is 0 Å². The van der Waals surface area contributed by atoms with E-state index in [-0.39, 0.29) is 18.7 Å². The quantitative estimate of drug-likeness (QED) is 0.270. The maximum atomic E-state index is 12.4. The lowest BCUT2D eigenvalue weighted by molar-refractivity contribution is -0.125. The fourth-order valence-electron chi connectivity index (χ4n) is 2.92. The number of allylic oxidation sites excluding steroid dienone is 2. The zero-order valence-corrected chi connectivity index (χ0v) is 17.0. The van der Waals surface area contributed by atoms with Crippen LogP contribution in [0.4, 0.5) is 0 Å². The Morgan fingerprint density at radius 2 is 1.74 bits per heavy atom. The summed E-state index contributed by atoms with van der Waals surface area (Å²) in [6, 6.07) is 13.8. The van der Waals surface area contributed by atoms with Gasteiger partial charge in [0.2, 0.25) is 0 Å². The van der Waals surface area contributed by atoms with E-state index in [9.17, 15) is 4.79 Å². The summed E-state index contributed by atoms with van der Waals surface area (Å²) in [6.45, 7) is 9.05. The van der Waals surface area contributed by atoms with E-state index in [0.717, 1.165) is 23.6 Å². The number of carbonyl (C=O) groups excluding carboxylic acids is 1. The van der Waals surface area contributed by atoms with Crippen LogP contribution in [0, 0.1) is 5.92 Å². The Kier molecular flexibility index (Phi) is 8.70. The average molecular weight is 369 g/mol. The molecular formula is C24H32O3. The van der Waals surface area contributed by atoms with E-state index in [1.165, 1.54) is 12.0 Å². The van der Waals surface area contributed by atoms with E-state index in [1.807, 2.05) is 49.4 Å². The zero-order chi connectivity index (χ0) is 19.6. The lowest BCUT2D eigenvalue weighted by atomic mass is 10.0. The van der Waals surface area contributed by atoms with E-state index in [0.29, 0.717) is 18.1 Å². The zero-order valence-electron chi connectivity index (χ0n) is 17.0. The number of hydrogen-bond donors (Lipinski definition) is 0. The van der Waals surface area contributed by atoms with E-state index < -0.39 is 0 Å². The number of carbonyl (C=O) groups is 1. The summed E-state index contributed by atoms with van der Waals surface area (Å²) >= 11 is 0. The minimum atomic E-state index is -0.376. The number of hydrogen-bond acceptors (Lipinski definition) is 3. The van der Waals surface area contributed by atoms with Gasteiger partial charge in [0.15, 0.2) is 12.1 Å². The SMILES string of the molecule is CC(C)=CCCC(C)CCOC(C)OCC(=O)c1ccc2ccccc2c1. The molecule has 0 aliphatic heterocycles. The molecule has 0 aliphatic carbocycles. The largest absolute Gasteiger partial charge is 0.353 e. The summed E-state index contributed by atoms with van der Waals surface area (Å²) in [6.07, 6.45) is 5.20. The summed E-state index contributed by atoms with van der Waals surface area (Å²) in [5.74, 6) is 0.596. The molecule has 3 heteroatoms. The average Bonchev–Trinajstić information content (AvgIpc) is 2.65. The first-order chi connectivity index (χ1) is 13.0. The van der Waals surface area contributed by atoms with Crippen molar-refractivity contribution in [3.8, 4) is 0 Å². The van der Waals surface area contributed by atoms with E-state index in [1.54, 1.807) is 0 Å². The molecule has 0 fully saturated rings. The summed E-state index contributed by atoms with van der Waals surface area (Å²) in [7, 11) is 0. The van der Waals surface area contributed by atoms with Crippen molar-refractivity contribution in [2.45, 2.75) is 53.2 Å². The molecule has 2 aromatic carbocycles. The van der Waals surface area contributed by atoms with Crippen molar-refractivity contribution >= 4 is 16.6 Å². The predicted octanol–water partition coefficient (Wildman–Crippen LogP) is 6.17. The Bertz CT molecular complexity index is 759. The second kappa shape index (κ2) is 11.0. The summed E-state index contributed by atoms with van der Waals surface area (Å²) in [5.41, 5.74) is 2.05. The number of fused-ring (bicyclic) bond motifs is 1. The van der Waals surface area contributed by atoms with Crippen LogP contribution in [0.1, 0.15) is 57.3 Å². The fraction of sp³-hybridized carbons (Fsp3) is 0.458. The van der Waals surface area contributed by atoms with Crippen LogP contribution in [0.25, 0.3) is 10.8 Å². The Balaban J connectivity index is 1.69. The monoisotopic (exact) mass is 368 g/mol. The van der Waals surface area contributed by atoms with E-state index in [2.05, 4.69) is 26.8 Å². The molecule has 2 atom stereocenters. The standard InChI is InChI=1S/C24H32O3/c1-18(2)8-7-9-19(3)14-15-26-20(4)27-17-24(25)23-13-12-21-10-5-6-11-22(21)16-23/h5-6,8,10-13,16,19-20H,7,9,14-15,17H2,1-4H3. The molecule has 3 nitrogen and oxygen atoms in total. The van der Waals surface area contributed by atoms with Crippen molar-refractivity contribution < 1.29 is 14.3 Å². The number of ether oxygens (including phenoxy) is 2. The van der Waals surface area contributed by atoms with Crippen molar-refractivity contribution in [3.63, 3.8) is 0 Å². The molecule has 0 heterocycles. The molecule has 0 spiro atoms. The minimum absolute atomic E-state index is 0.0220. The molecule has 146 valence electrons. The lowest BCUT2D eigenvalue weighted by Gasteiger charge is -2.16. The third kappa shape index (κ3) is 7.66. The van der Waals surface area contributed by atoms with Gasteiger partial charge in [0.05, 0.1) is 0 Å². The van der Waals surface area contributed by atoms with Gasteiger partial charge in [-0.15, -0.1) is 0 Å². The van der Waals surface area contributed by atoms with Crippen molar-refractivity contribution in [1.82, 2.24) is 0 Å². The van der Waals surface area contributed by atoms with Crippen LogP contribution in [0.5, 0.6) is 0 Å². The topological polar surface area (TPSA) is 35.5 Å². The van der Waals surface area contributed by atoms with Crippen molar-refractivity contribution in [2.24, 2.45) is 5.92 Å². The Labute approximate surface area is 163 Å². The third-order valence-corrected chi connectivity index (χ3v) is 4.70. The van der Waals surface area contributed by atoms with Gasteiger partial charge >= 0.3 is 0 Å². The summed E-state index contributed by atoms with van der Waals surface area (Å²) in [5, 5.41) is 2.19. The molecule has 0 saturated carbocycles. The Morgan fingerprint density at radius 3 is 2.48 bits per heavy atom. The van der Waals surface area contributed by atoms with Crippen LogP contribution in [0.15, 0.2) is 54.1 Å². The second-order valence-electron chi connectivity index (χ2n) is 7.49. The van der Waals surface area contributed by atoms with Crippen molar-refractivity contribution in [3.05, 3.63) is 59.7 Å². The first kappa shape index (κ1) is 21.3. The van der Waals surface area contributed by atoms with Gasteiger partial charge in [-0.3, -0.25) is 4.79 Å². The second-order valence-corrected chi connectivity index (χ2v) is 7.49. The molecule has 0 aliphatic rings. The molecule has 0 saturated heterocycles. The molecule has 2 aromatic rings.